The summed E-state index contributed by atoms with van der Waals surface area (Å²) in [6.07, 6.45) is 4.40. The molecular weight excluding hydrogens is 296 g/mol. The van der Waals surface area contributed by atoms with E-state index in [2.05, 4.69) is 6.92 Å². The smallest absolute Gasteiger partial charge is 0.313 e. The molecule has 0 aliphatic heterocycles. The van der Waals surface area contributed by atoms with Gasteiger partial charge in [-0.15, -0.1) is 0 Å². The minimum absolute atomic E-state index is 0.117. The third kappa shape index (κ3) is 5.53. The van der Waals surface area contributed by atoms with E-state index in [1.807, 2.05) is 36.4 Å². The molecule has 0 aromatic heterocycles. The maximum atomic E-state index is 12.1. The van der Waals surface area contributed by atoms with E-state index in [-0.39, 0.29) is 5.75 Å². The molecule has 2 rings (SSSR count). The Morgan fingerprint density at radius 1 is 0.909 bits per heavy atom. The van der Waals surface area contributed by atoms with E-state index in [4.69, 9.17) is 4.18 Å². The lowest BCUT2D eigenvalue weighted by molar-refractivity contribution is 0.484. The van der Waals surface area contributed by atoms with Gasteiger partial charge in [-0.2, -0.15) is 8.42 Å². The summed E-state index contributed by atoms with van der Waals surface area (Å²) >= 11 is 0. The number of rotatable bonds is 8. The maximum Gasteiger partial charge on any atom is 0.313 e. The molecule has 2 aromatic carbocycles. The number of benzene rings is 2. The molecular formula is C18H22O3S. The minimum atomic E-state index is -3.63. The van der Waals surface area contributed by atoms with Crippen LogP contribution < -0.4 is 4.18 Å². The Morgan fingerprint density at radius 3 is 2.36 bits per heavy atom. The molecule has 0 heterocycles. The molecule has 0 saturated carbocycles. The van der Waals surface area contributed by atoms with Crippen molar-refractivity contribution in [3.8, 4) is 5.75 Å². The van der Waals surface area contributed by atoms with Crippen LogP contribution in [0, 0.1) is 0 Å². The Hall–Kier alpha value is -1.81. The summed E-state index contributed by atoms with van der Waals surface area (Å²) in [5.74, 6) is 0.276. The lowest BCUT2D eigenvalue weighted by atomic mass is 10.1. The Morgan fingerprint density at radius 2 is 1.64 bits per heavy atom. The predicted octanol–water partition coefficient (Wildman–Crippen LogP) is 4.33. The fourth-order valence-corrected chi connectivity index (χ4v) is 3.34. The highest BCUT2D eigenvalue weighted by Gasteiger charge is 2.14. The standard InChI is InChI=1S/C18H22O3S/c1-2-3-5-9-16-12-8-13-18(14-16)21-22(19,20)15-17-10-6-4-7-11-17/h4,6-8,10-14H,2-3,5,9,15H2,1H3. The largest absolute Gasteiger partial charge is 0.382 e. The molecule has 118 valence electrons. The quantitative estimate of drug-likeness (QED) is 0.537. The Bertz CT molecular complexity index is 678. The van der Waals surface area contributed by atoms with Crippen molar-refractivity contribution < 1.29 is 12.6 Å². The summed E-state index contributed by atoms with van der Waals surface area (Å²) < 4.78 is 29.5. The lowest BCUT2D eigenvalue weighted by Crippen LogP contribution is -2.12. The zero-order chi connectivity index (χ0) is 15.8. The van der Waals surface area contributed by atoms with E-state index in [9.17, 15) is 8.42 Å². The molecule has 0 fully saturated rings. The normalized spacial score (nSPS) is 11.3. The molecule has 3 nitrogen and oxygen atoms in total. The zero-order valence-electron chi connectivity index (χ0n) is 12.9. The number of unbranched alkanes of at least 4 members (excludes halogenated alkanes) is 2. The second-order valence-corrected chi connectivity index (χ2v) is 6.95. The van der Waals surface area contributed by atoms with Gasteiger partial charge < -0.3 is 4.18 Å². The second kappa shape index (κ2) is 7.99. The lowest BCUT2D eigenvalue weighted by Gasteiger charge is -2.08. The van der Waals surface area contributed by atoms with Gasteiger partial charge in [0.2, 0.25) is 0 Å². The van der Waals surface area contributed by atoms with Crippen LogP contribution in [0.2, 0.25) is 0 Å². The zero-order valence-corrected chi connectivity index (χ0v) is 13.7. The number of hydrogen-bond donors (Lipinski definition) is 0. The number of aryl methyl sites for hydroxylation is 1. The second-order valence-electron chi connectivity index (χ2n) is 5.38. The first-order valence-corrected chi connectivity index (χ1v) is 9.22. The van der Waals surface area contributed by atoms with Gasteiger partial charge in [0.05, 0.1) is 0 Å². The van der Waals surface area contributed by atoms with Crippen molar-refractivity contribution in [2.45, 2.75) is 38.4 Å². The average molecular weight is 318 g/mol. The molecule has 4 heteroatoms. The number of hydrogen-bond acceptors (Lipinski definition) is 3. The molecule has 0 aliphatic carbocycles. The van der Waals surface area contributed by atoms with Crippen LogP contribution in [0.5, 0.6) is 5.75 Å². The van der Waals surface area contributed by atoms with Crippen molar-refractivity contribution >= 4 is 10.1 Å². The van der Waals surface area contributed by atoms with Crippen molar-refractivity contribution in [3.63, 3.8) is 0 Å². The predicted molar refractivity (Wildman–Crippen MR) is 89.4 cm³/mol. The molecule has 0 unspecified atom stereocenters. The molecule has 0 N–H and O–H groups in total. The van der Waals surface area contributed by atoms with Gasteiger partial charge >= 0.3 is 10.1 Å². The van der Waals surface area contributed by atoms with Gasteiger partial charge in [-0.25, -0.2) is 0 Å². The van der Waals surface area contributed by atoms with Crippen LogP contribution in [0.4, 0.5) is 0 Å². The van der Waals surface area contributed by atoms with Crippen molar-refractivity contribution in [1.82, 2.24) is 0 Å². The van der Waals surface area contributed by atoms with Crippen molar-refractivity contribution in [2.24, 2.45) is 0 Å². The minimum Gasteiger partial charge on any atom is -0.382 e. The van der Waals surface area contributed by atoms with E-state index in [1.54, 1.807) is 18.2 Å². The van der Waals surface area contributed by atoms with Gasteiger partial charge in [0, 0.05) is 0 Å². The van der Waals surface area contributed by atoms with E-state index in [1.165, 1.54) is 12.8 Å². The van der Waals surface area contributed by atoms with Crippen LogP contribution in [0.1, 0.15) is 37.3 Å². The van der Waals surface area contributed by atoms with Crippen molar-refractivity contribution in [1.29, 1.82) is 0 Å². The highest BCUT2D eigenvalue weighted by molar-refractivity contribution is 7.86. The first kappa shape index (κ1) is 16.6. The Kier molecular flexibility index (Phi) is 6.01. The van der Waals surface area contributed by atoms with Crippen LogP contribution >= 0.6 is 0 Å². The van der Waals surface area contributed by atoms with E-state index in [0.29, 0.717) is 5.75 Å². The average Bonchev–Trinajstić information content (AvgIpc) is 2.48. The van der Waals surface area contributed by atoms with E-state index in [0.717, 1.165) is 24.0 Å². The highest BCUT2D eigenvalue weighted by atomic mass is 32.2. The van der Waals surface area contributed by atoms with Crippen LogP contribution in [0.3, 0.4) is 0 Å². The molecule has 0 atom stereocenters. The summed E-state index contributed by atoms with van der Waals surface area (Å²) in [6.45, 7) is 2.16. The molecule has 0 aliphatic rings. The van der Waals surface area contributed by atoms with E-state index >= 15 is 0 Å². The third-order valence-corrected chi connectivity index (χ3v) is 4.51. The van der Waals surface area contributed by atoms with Gasteiger partial charge in [0.1, 0.15) is 11.5 Å². The molecule has 0 amide bonds. The molecule has 2 aromatic rings. The molecule has 0 saturated heterocycles. The molecule has 22 heavy (non-hydrogen) atoms. The molecule has 0 radical (unpaired) electrons. The summed E-state index contributed by atoms with van der Waals surface area (Å²) in [5, 5.41) is 0. The van der Waals surface area contributed by atoms with Crippen LogP contribution in [-0.2, 0) is 22.3 Å². The summed E-state index contributed by atoms with van der Waals surface area (Å²) in [4.78, 5) is 0. The summed E-state index contributed by atoms with van der Waals surface area (Å²) in [7, 11) is -3.63. The first-order chi connectivity index (χ1) is 10.6. The summed E-state index contributed by atoms with van der Waals surface area (Å²) in [6, 6.07) is 16.4. The maximum absolute atomic E-state index is 12.1. The van der Waals surface area contributed by atoms with Crippen molar-refractivity contribution in [2.75, 3.05) is 0 Å². The topological polar surface area (TPSA) is 43.4 Å². The van der Waals surface area contributed by atoms with E-state index < -0.39 is 10.1 Å². The first-order valence-electron chi connectivity index (χ1n) is 7.64. The summed E-state index contributed by atoms with van der Waals surface area (Å²) in [5.41, 5.74) is 1.84. The van der Waals surface area contributed by atoms with Gasteiger partial charge in [0.25, 0.3) is 0 Å². The molecule has 0 bridgehead atoms. The van der Waals surface area contributed by atoms with Gasteiger partial charge in [-0.1, -0.05) is 62.2 Å². The van der Waals surface area contributed by atoms with Crippen LogP contribution in [0.15, 0.2) is 54.6 Å². The third-order valence-electron chi connectivity index (χ3n) is 3.38. The molecule has 0 spiro atoms. The van der Waals surface area contributed by atoms with Gasteiger partial charge in [-0.05, 0) is 36.1 Å². The van der Waals surface area contributed by atoms with Crippen LogP contribution in [0.25, 0.3) is 0 Å². The highest BCUT2D eigenvalue weighted by Crippen LogP contribution is 2.19. The fourth-order valence-electron chi connectivity index (χ4n) is 2.29. The monoisotopic (exact) mass is 318 g/mol. The Labute approximate surface area is 133 Å². The fraction of sp³-hybridized carbons (Fsp3) is 0.333. The SMILES string of the molecule is CCCCCc1cccc(OS(=O)(=O)Cc2ccccc2)c1. The van der Waals surface area contributed by atoms with Crippen LogP contribution in [-0.4, -0.2) is 8.42 Å². The Balaban J connectivity index is 2.01. The van der Waals surface area contributed by atoms with Crippen molar-refractivity contribution in [3.05, 3.63) is 65.7 Å². The van der Waals surface area contributed by atoms with Gasteiger partial charge in [0.15, 0.2) is 0 Å². The van der Waals surface area contributed by atoms with Gasteiger partial charge in [-0.3, -0.25) is 0 Å².